The van der Waals surface area contributed by atoms with Gasteiger partial charge in [0.25, 0.3) is 0 Å². The molecule has 1 amide bonds. The SMILES string of the molecule is COc1ccc(C2(CNC(=O)[C@@H](N)CCSC)CCCCC2)cc1. The summed E-state index contributed by atoms with van der Waals surface area (Å²) in [5.74, 6) is 1.76. The largest absolute Gasteiger partial charge is 0.497 e. The highest BCUT2D eigenvalue weighted by Crippen LogP contribution is 2.39. The minimum absolute atomic E-state index is 0.0255. The molecule has 1 aliphatic carbocycles. The molecular formula is C19H30N2O2S. The van der Waals surface area contributed by atoms with Crippen molar-refractivity contribution < 1.29 is 9.53 Å². The maximum absolute atomic E-state index is 12.3. The van der Waals surface area contributed by atoms with E-state index in [1.54, 1.807) is 18.9 Å². The molecule has 0 spiro atoms. The summed E-state index contributed by atoms with van der Waals surface area (Å²) in [6, 6.07) is 7.90. The van der Waals surface area contributed by atoms with Crippen molar-refractivity contribution in [2.24, 2.45) is 5.73 Å². The second-order valence-corrected chi connectivity index (χ2v) is 7.66. The van der Waals surface area contributed by atoms with Crippen LogP contribution in [0.1, 0.15) is 44.1 Å². The van der Waals surface area contributed by atoms with Crippen LogP contribution in [0.3, 0.4) is 0 Å². The molecule has 1 saturated carbocycles. The smallest absolute Gasteiger partial charge is 0.236 e. The number of rotatable bonds is 8. The minimum Gasteiger partial charge on any atom is -0.497 e. The average Bonchev–Trinajstić information content (AvgIpc) is 2.65. The molecule has 134 valence electrons. The van der Waals surface area contributed by atoms with Gasteiger partial charge >= 0.3 is 0 Å². The lowest BCUT2D eigenvalue weighted by Crippen LogP contribution is -2.47. The van der Waals surface area contributed by atoms with Gasteiger partial charge in [0.05, 0.1) is 13.2 Å². The van der Waals surface area contributed by atoms with Gasteiger partial charge in [-0.15, -0.1) is 0 Å². The number of ether oxygens (including phenoxy) is 1. The molecule has 0 unspecified atom stereocenters. The minimum atomic E-state index is -0.408. The van der Waals surface area contributed by atoms with Crippen LogP contribution >= 0.6 is 11.8 Å². The molecule has 0 aliphatic heterocycles. The van der Waals surface area contributed by atoms with Crippen LogP contribution in [0.25, 0.3) is 0 Å². The van der Waals surface area contributed by atoms with Gasteiger partial charge < -0.3 is 15.8 Å². The predicted octanol–water partition coefficient (Wildman–Crippen LogP) is 3.09. The molecule has 2 rings (SSSR count). The van der Waals surface area contributed by atoms with Crippen LogP contribution in [0.4, 0.5) is 0 Å². The van der Waals surface area contributed by atoms with Crippen LogP contribution in [-0.4, -0.2) is 37.6 Å². The van der Waals surface area contributed by atoms with Gasteiger partial charge in [-0.1, -0.05) is 31.4 Å². The van der Waals surface area contributed by atoms with Crippen molar-refractivity contribution in [3.8, 4) is 5.75 Å². The number of nitrogens with one attached hydrogen (secondary N) is 1. The van der Waals surface area contributed by atoms with Crippen LogP contribution in [0.5, 0.6) is 5.75 Å². The van der Waals surface area contributed by atoms with E-state index in [2.05, 4.69) is 17.4 Å². The van der Waals surface area contributed by atoms with Crippen LogP contribution < -0.4 is 15.8 Å². The Morgan fingerprint density at radius 1 is 1.29 bits per heavy atom. The molecule has 4 nitrogen and oxygen atoms in total. The summed E-state index contributed by atoms with van der Waals surface area (Å²) < 4.78 is 5.27. The van der Waals surface area contributed by atoms with E-state index in [1.807, 2.05) is 18.4 Å². The second-order valence-electron chi connectivity index (χ2n) is 6.68. The van der Waals surface area contributed by atoms with E-state index in [9.17, 15) is 4.79 Å². The van der Waals surface area contributed by atoms with Gasteiger partial charge in [0.15, 0.2) is 0 Å². The van der Waals surface area contributed by atoms with Crippen LogP contribution in [-0.2, 0) is 10.2 Å². The molecule has 0 radical (unpaired) electrons. The van der Waals surface area contributed by atoms with E-state index >= 15 is 0 Å². The number of hydrogen-bond acceptors (Lipinski definition) is 4. The van der Waals surface area contributed by atoms with Crippen molar-refractivity contribution in [2.75, 3.05) is 25.7 Å². The highest BCUT2D eigenvalue weighted by Gasteiger charge is 2.34. The second kappa shape index (κ2) is 9.33. The van der Waals surface area contributed by atoms with Crippen LogP contribution in [0.15, 0.2) is 24.3 Å². The number of hydrogen-bond donors (Lipinski definition) is 2. The van der Waals surface area contributed by atoms with Gasteiger partial charge in [-0.05, 0) is 49.0 Å². The summed E-state index contributed by atoms with van der Waals surface area (Å²) in [6.07, 6.45) is 8.67. The summed E-state index contributed by atoms with van der Waals surface area (Å²) in [6.45, 7) is 0.672. The predicted molar refractivity (Wildman–Crippen MR) is 102 cm³/mol. The number of thioether (sulfide) groups is 1. The molecule has 1 aromatic carbocycles. The van der Waals surface area contributed by atoms with Gasteiger partial charge in [-0.2, -0.15) is 11.8 Å². The maximum atomic E-state index is 12.3. The highest BCUT2D eigenvalue weighted by molar-refractivity contribution is 7.98. The van der Waals surface area contributed by atoms with E-state index in [4.69, 9.17) is 10.5 Å². The zero-order valence-corrected chi connectivity index (χ0v) is 15.7. The first kappa shape index (κ1) is 19.1. The van der Waals surface area contributed by atoms with Crippen LogP contribution in [0, 0.1) is 0 Å². The lowest BCUT2D eigenvalue weighted by atomic mass is 9.69. The van der Waals surface area contributed by atoms with E-state index in [-0.39, 0.29) is 11.3 Å². The Kier molecular flexibility index (Phi) is 7.43. The molecular weight excluding hydrogens is 320 g/mol. The molecule has 1 aliphatic rings. The maximum Gasteiger partial charge on any atom is 0.236 e. The quantitative estimate of drug-likeness (QED) is 0.756. The Hall–Kier alpha value is -1.20. The number of methoxy groups -OCH3 is 1. The molecule has 5 heteroatoms. The molecule has 0 aromatic heterocycles. The fraction of sp³-hybridized carbons (Fsp3) is 0.632. The number of carbonyl (C=O) groups is 1. The zero-order chi connectivity index (χ0) is 17.4. The molecule has 0 saturated heterocycles. The lowest BCUT2D eigenvalue weighted by molar-refractivity contribution is -0.122. The fourth-order valence-electron chi connectivity index (χ4n) is 3.50. The number of benzene rings is 1. The molecule has 0 heterocycles. The number of nitrogens with two attached hydrogens (primary N) is 1. The normalized spacial score (nSPS) is 18.0. The zero-order valence-electron chi connectivity index (χ0n) is 14.8. The first-order chi connectivity index (χ1) is 11.6. The Labute approximate surface area is 149 Å². The third-order valence-electron chi connectivity index (χ3n) is 5.08. The Morgan fingerprint density at radius 3 is 2.54 bits per heavy atom. The van der Waals surface area contributed by atoms with Crippen molar-refractivity contribution in [3.05, 3.63) is 29.8 Å². The fourth-order valence-corrected chi connectivity index (χ4v) is 3.99. The van der Waals surface area contributed by atoms with Crippen molar-refractivity contribution in [2.45, 2.75) is 50.0 Å². The Balaban J connectivity index is 2.05. The van der Waals surface area contributed by atoms with Crippen molar-refractivity contribution in [1.29, 1.82) is 0 Å². The lowest BCUT2D eigenvalue weighted by Gasteiger charge is -2.38. The summed E-state index contributed by atoms with van der Waals surface area (Å²) >= 11 is 1.72. The summed E-state index contributed by atoms with van der Waals surface area (Å²) in [7, 11) is 1.68. The molecule has 24 heavy (non-hydrogen) atoms. The first-order valence-electron chi connectivity index (χ1n) is 8.78. The van der Waals surface area contributed by atoms with Gasteiger partial charge in [-0.25, -0.2) is 0 Å². The van der Waals surface area contributed by atoms with Gasteiger partial charge in [0.1, 0.15) is 5.75 Å². The van der Waals surface area contributed by atoms with Gasteiger partial charge in [-0.3, -0.25) is 4.79 Å². The standard InChI is InChI=1S/C19H30N2O2S/c1-23-16-8-6-15(7-9-16)19(11-4-3-5-12-19)14-21-18(22)17(20)10-13-24-2/h6-9,17H,3-5,10-14,20H2,1-2H3,(H,21,22)/t17-/m0/s1. The van der Waals surface area contributed by atoms with Gasteiger partial charge in [0, 0.05) is 12.0 Å². The summed E-state index contributed by atoms with van der Waals surface area (Å²) in [4.78, 5) is 12.3. The van der Waals surface area contributed by atoms with Crippen LogP contribution in [0.2, 0.25) is 0 Å². The highest BCUT2D eigenvalue weighted by atomic mass is 32.2. The topological polar surface area (TPSA) is 64.3 Å². The van der Waals surface area contributed by atoms with E-state index in [1.165, 1.54) is 24.8 Å². The molecule has 0 bridgehead atoms. The number of carbonyl (C=O) groups excluding carboxylic acids is 1. The monoisotopic (exact) mass is 350 g/mol. The molecule has 3 N–H and O–H groups in total. The van der Waals surface area contributed by atoms with Crippen molar-refractivity contribution >= 4 is 17.7 Å². The van der Waals surface area contributed by atoms with E-state index in [0.29, 0.717) is 6.54 Å². The third kappa shape index (κ3) is 4.90. The first-order valence-corrected chi connectivity index (χ1v) is 10.2. The van der Waals surface area contributed by atoms with Crippen molar-refractivity contribution in [3.63, 3.8) is 0 Å². The Bertz CT molecular complexity index is 513. The molecule has 1 atom stereocenters. The van der Waals surface area contributed by atoms with Gasteiger partial charge in [0.2, 0.25) is 5.91 Å². The number of amides is 1. The van der Waals surface area contributed by atoms with E-state index < -0.39 is 6.04 Å². The molecule has 1 fully saturated rings. The summed E-state index contributed by atoms with van der Waals surface area (Å²) in [5, 5.41) is 3.12. The average molecular weight is 351 g/mol. The molecule has 1 aromatic rings. The summed E-state index contributed by atoms with van der Waals surface area (Å²) in [5.41, 5.74) is 7.32. The Morgan fingerprint density at radius 2 is 1.96 bits per heavy atom. The van der Waals surface area contributed by atoms with Crippen molar-refractivity contribution in [1.82, 2.24) is 5.32 Å². The third-order valence-corrected chi connectivity index (χ3v) is 5.73. The van der Waals surface area contributed by atoms with E-state index in [0.717, 1.165) is 30.8 Å².